The van der Waals surface area contributed by atoms with Crippen LogP contribution >= 0.6 is 0 Å². The highest BCUT2D eigenvalue weighted by Gasteiger charge is 2.26. The Balaban J connectivity index is 2.45. The molecule has 0 atom stereocenters. The molecule has 1 heterocycles. The third-order valence-electron chi connectivity index (χ3n) is 3.88. The van der Waals surface area contributed by atoms with Crippen molar-refractivity contribution in [1.29, 1.82) is 0 Å². The summed E-state index contributed by atoms with van der Waals surface area (Å²) in [5.41, 5.74) is 13.5. The number of phenols is 1. The van der Waals surface area contributed by atoms with Gasteiger partial charge in [-0.15, -0.1) is 5.10 Å². The van der Waals surface area contributed by atoms with Crippen molar-refractivity contribution in [2.24, 2.45) is 15.9 Å². The third kappa shape index (κ3) is 4.19. The number of aromatic hydroxyl groups is 1. The van der Waals surface area contributed by atoms with Crippen LogP contribution in [0.15, 0.2) is 27.0 Å². The highest BCUT2D eigenvalue weighted by Crippen LogP contribution is 2.39. The fourth-order valence-electron chi connectivity index (χ4n) is 2.45. The van der Waals surface area contributed by atoms with Crippen LogP contribution in [0.2, 0.25) is 0 Å². The second-order valence-electron chi connectivity index (χ2n) is 8.19. The standard InChI is InChI=1S/C18H26N6O2/c1-17(2,3)11-7-10(8-12(14(11)25)18(4,5)6)9-21-22-15(19)13-16(20)24-26-23-13/h7-9,25H,1-6H3,(H2,19,22)(H2,20,24)/b21-9+. The summed E-state index contributed by atoms with van der Waals surface area (Å²) in [4.78, 5) is 0. The van der Waals surface area contributed by atoms with Crippen molar-refractivity contribution >= 4 is 17.9 Å². The van der Waals surface area contributed by atoms with Gasteiger partial charge >= 0.3 is 0 Å². The first-order valence-electron chi connectivity index (χ1n) is 8.24. The van der Waals surface area contributed by atoms with Crippen molar-refractivity contribution in [3.05, 3.63) is 34.5 Å². The van der Waals surface area contributed by atoms with Crippen LogP contribution in [0.5, 0.6) is 5.75 Å². The molecule has 26 heavy (non-hydrogen) atoms. The van der Waals surface area contributed by atoms with E-state index in [1.54, 1.807) is 6.21 Å². The number of benzene rings is 1. The quantitative estimate of drug-likeness (QED) is 0.438. The van der Waals surface area contributed by atoms with E-state index in [0.717, 1.165) is 16.7 Å². The maximum absolute atomic E-state index is 10.7. The molecule has 8 heteroatoms. The van der Waals surface area contributed by atoms with Crippen LogP contribution in [0, 0.1) is 0 Å². The fraction of sp³-hybridized carbons (Fsp3) is 0.444. The summed E-state index contributed by atoms with van der Waals surface area (Å²) in [6.07, 6.45) is 1.57. The van der Waals surface area contributed by atoms with Crippen molar-refractivity contribution in [2.75, 3.05) is 5.73 Å². The van der Waals surface area contributed by atoms with E-state index < -0.39 is 0 Å². The SMILES string of the molecule is CC(C)(C)c1cc(/C=N/N=C(N)c2nonc2N)cc(C(C)(C)C)c1O. The molecule has 0 aliphatic heterocycles. The number of anilines is 1. The molecule has 0 saturated heterocycles. The zero-order valence-corrected chi connectivity index (χ0v) is 16.0. The first kappa shape index (κ1) is 19.4. The molecule has 0 radical (unpaired) electrons. The molecule has 140 valence electrons. The van der Waals surface area contributed by atoms with E-state index >= 15 is 0 Å². The van der Waals surface area contributed by atoms with Gasteiger partial charge in [-0.3, -0.25) is 0 Å². The van der Waals surface area contributed by atoms with Gasteiger partial charge in [-0.2, -0.15) is 5.10 Å². The highest BCUT2D eigenvalue weighted by atomic mass is 16.6. The van der Waals surface area contributed by atoms with Crippen LogP contribution in [0.25, 0.3) is 0 Å². The number of amidine groups is 1. The van der Waals surface area contributed by atoms with Crippen LogP contribution in [0.3, 0.4) is 0 Å². The molecule has 2 rings (SSSR count). The zero-order valence-electron chi connectivity index (χ0n) is 16.0. The summed E-state index contributed by atoms with van der Waals surface area (Å²) in [6.45, 7) is 12.3. The number of aromatic nitrogens is 2. The van der Waals surface area contributed by atoms with Gasteiger partial charge in [0.05, 0.1) is 6.21 Å². The van der Waals surface area contributed by atoms with Crippen LogP contribution in [-0.4, -0.2) is 27.5 Å². The van der Waals surface area contributed by atoms with Gasteiger partial charge < -0.3 is 16.6 Å². The smallest absolute Gasteiger partial charge is 0.199 e. The lowest BCUT2D eigenvalue weighted by atomic mass is 9.78. The summed E-state index contributed by atoms with van der Waals surface area (Å²) >= 11 is 0. The van der Waals surface area contributed by atoms with Gasteiger partial charge in [0.25, 0.3) is 0 Å². The maximum Gasteiger partial charge on any atom is 0.199 e. The monoisotopic (exact) mass is 358 g/mol. The van der Waals surface area contributed by atoms with Crippen LogP contribution in [0.1, 0.15) is 63.9 Å². The average Bonchev–Trinajstić information content (AvgIpc) is 2.92. The van der Waals surface area contributed by atoms with Crippen LogP contribution in [-0.2, 0) is 10.8 Å². The Bertz CT molecular complexity index is 818. The minimum atomic E-state index is -0.225. The number of nitrogens with two attached hydrogens (primary N) is 2. The van der Waals surface area contributed by atoms with Crippen molar-refractivity contribution in [3.63, 3.8) is 0 Å². The molecule has 0 amide bonds. The van der Waals surface area contributed by atoms with Gasteiger partial charge in [-0.05, 0) is 38.8 Å². The normalized spacial score (nSPS) is 13.5. The maximum atomic E-state index is 10.7. The Hall–Kier alpha value is -2.90. The van der Waals surface area contributed by atoms with Crippen molar-refractivity contribution in [2.45, 2.75) is 52.4 Å². The lowest BCUT2D eigenvalue weighted by Gasteiger charge is -2.27. The zero-order chi connectivity index (χ0) is 19.7. The van der Waals surface area contributed by atoms with Gasteiger partial charge in [-0.25, -0.2) is 4.63 Å². The van der Waals surface area contributed by atoms with Crippen molar-refractivity contribution in [1.82, 2.24) is 10.3 Å². The van der Waals surface area contributed by atoms with Crippen LogP contribution in [0.4, 0.5) is 5.82 Å². The number of hydrogen-bond donors (Lipinski definition) is 3. The second kappa shape index (κ2) is 6.78. The number of nitrogen functional groups attached to an aromatic ring is 1. The summed E-state index contributed by atoms with van der Waals surface area (Å²) in [5.74, 6) is 0.369. The van der Waals surface area contributed by atoms with E-state index in [9.17, 15) is 5.11 Å². The third-order valence-corrected chi connectivity index (χ3v) is 3.88. The number of nitrogens with zero attached hydrogens (tertiary/aromatic N) is 4. The minimum absolute atomic E-state index is 0.00543. The Morgan fingerprint density at radius 1 is 1.08 bits per heavy atom. The Morgan fingerprint density at radius 3 is 2.04 bits per heavy atom. The van der Waals surface area contributed by atoms with Gasteiger partial charge in [-0.1, -0.05) is 41.5 Å². The largest absolute Gasteiger partial charge is 0.507 e. The van der Waals surface area contributed by atoms with Crippen molar-refractivity contribution in [3.8, 4) is 5.75 Å². The van der Waals surface area contributed by atoms with Gasteiger partial charge in [0.2, 0.25) is 0 Å². The molecular formula is C18H26N6O2. The highest BCUT2D eigenvalue weighted by molar-refractivity contribution is 5.99. The average molecular weight is 358 g/mol. The molecule has 1 aromatic heterocycles. The summed E-state index contributed by atoms with van der Waals surface area (Å²) < 4.78 is 4.49. The molecule has 0 fully saturated rings. The summed E-state index contributed by atoms with van der Waals surface area (Å²) in [7, 11) is 0. The summed E-state index contributed by atoms with van der Waals surface area (Å²) in [6, 6.07) is 3.79. The van der Waals surface area contributed by atoms with E-state index in [2.05, 4.69) is 25.1 Å². The topological polar surface area (TPSA) is 136 Å². The lowest BCUT2D eigenvalue weighted by Crippen LogP contribution is -2.18. The van der Waals surface area contributed by atoms with Crippen LogP contribution < -0.4 is 11.5 Å². The fourth-order valence-corrected chi connectivity index (χ4v) is 2.45. The molecule has 8 nitrogen and oxygen atoms in total. The summed E-state index contributed by atoms with van der Waals surface area (Å²) in [5, 5.41) is 25.6. The Labute approximate surface area is 153 Å². The number of hydrogen-bond acceptors (Lipinski definition) is 7. The molecule has 2 aromatic rings. The molecule has 0 aliphatic rings. The van der Waals surface area contributed by atoms with E-state index in [1.165, 1.54) is 0 Å². The molecule has 0 unspecified atom stereocenters. The van der Waals surface area contributed by atoms with Gasteiger partial charge in [0, 0.05) is 11.1 Å². The minimum Gasteiger partial charge on any atom is -0.507 e. The first-order chi connectivity index (χ1) is 11.9. The number of rotatable bonds is 3. The van der Waals surface area contributed by atoms with E-state index in [4.69, 9.17) is 11.5 Å². The van der Waals surface area contributed by atoms with Crippen molar-refractivity contribution < 1.29 is 9.74 Å². The lowest BCUT2D eigenvalue weighted by molar-refractivity contribution is 0.308. The predicted octanol–water partition coefficient (Wildman–Crippen LogP) is 2.69. The first-order valence-corrected chi connectivity index (χ1v) is 8.24. The van der Waals surface area contributed by atoms with Gasteiger partial charge in [0.15, 0.2) is 17.3 Å². The van der Waals surface area contributed by atoms with E-state index in [1.807, 2.05) is 53.7 Å². The van der Waals surface area contributed by atoms with E-state index in [0.29, 0.717) is 5.75 Å². The molecule has 5 N–H and O–H groups in total. The molecule has 0 spiro atoms. The molecular weight excluding hydrogens is 332 g/mol. The molecule has 0 saturated carbocycles. The molecule has 0 aliphatic carbocycles. The molecule has 1 aromatic carbocycles. The second-order valence-corrected chi connectivity index (χ2v) is 8.19. The Morgan fingerprint density at radius 2 is 1.62 bits per heavy atom. The predicted molar refractivity (Wildman–Crippen MR) is 103 cm³/mol. The van der Waals surface area contributed by atoms with E-state index in [-0.39, 0.29) is 28.2 Å². The number of phenolic OH excluding ortho intramolecular Hbond substituents is 1. The molecule has 0 bridgehead atoms. The Kier molecular flexibility index (Phi) is 5.06. The van der Waals surface area contributed by atoms with Gasteiger partial charge in [0.1, 0.15) is 5.75 Å².